The normalized spacial score (nSPS) is 16.6. The van der Waals surface area contributed by atoms with Gasteiger partial charge in [-0.05, 0) is 43.3 Å². The fourth-order valence-electron chi connectivity index (χ4n) is 3.01. The van der Waals surface area contributed by atoms with Crippen molar-refractivity contribution >= 4 is 11.6 Å². The summed E-state index contributed by atoms with van der Waals surface area (Å²) in [5.74, 6) is -2.81. The Morgan fingerprint density at radius 1 is 1.28 bits per heavy atom. The molecule has 6 nitrogen and oxygen atoms in total. The molecule has 154 valence electrons. The summed E-state index contributed by atoms with van der Waals surface area (Å²) < 4.78 is 38.6. The van der Waals surface area contributed by atoms with Crippen molar-refractivity contribution in [1.29, 1.82) is 0 Å². The number of allylic oxidation sites excluding steroid dienone is 1. The summed E-state index contributed by atoms with van der Waals surface area (Å²) >= 11 is 0. The number of amides is 1. The topological polar surface area (TPSA) is 71.0 Å². The third kappa shape index (κ3) is 4.17. The smallest absolute Gasteiger partial charge is 0.277 e. The van der Waals surface area contributed by atoms with Crippen LogP contribution in [-0.2, 0) is 15.5 Å². The predicted molar refractivity (Wildman–Crippen MR) is 102 cm³/mol. The van der Waals surface area contributed by atoms with Gasteiger partial charge in [0.1, 0.15) is 11.5 Å². The summed E-state index contributed by atoms with van der Waals surface area (Å²) in [6.45, 7) is 2.93. The van der Waals surface area contributed by atoms with Crippen LogP contribution >= 0.6 is 0 Å². The lowest BCUT2D eigenvalue weighted by Gasteiger charge is -2.21. The van der Waals surface area contributed by atoms with Crippen molar-refractivity contribution in [2.24, 2.45) is 0 Å². The summed E-state index contributed by atoms with van der Waals surface area (Å²) in [6.07, 6.45) is -1.26. The molecule has 0 spiro atoms. The number of carbonyl (C=O) groups excluding carboxylic acids is 1. The molecule has 0 fully saturated rings. The Balaban J connectivity index is 1.77. The highest BCUT2D eigenvalue weighted by Gasteiger charge is 2.36. The van der Waals surface area contributed by atoms with E-state index >= 15 is 0 Å². The molecule has 1 unspecified atom stereocenters. The summed E-state index contributed by atoms with van der Waals surface area (Å²) in [6, 6.07) is 12.3. The van der Waals surface area contributed by atoms with Crippen molar-refractivity contribution in [1.82, 2.24) is 5.06 Å². The molecule has 0 radical (unpaired) electrons. The number of hydrogen-bond acceptors (Lipinski definition) is 5. The number of methoxy groups -OCH3 is 1. The minimum atomic E-state index is -2.99. The van der Waals surface area contributed by atoms with E-state index in [2.05, 4.69) is 5.32 Å². The Morgan fingerprint density at radius 2 is 1.97 bits per heavy atom. The van der Waals surface area contributed by atoms with Crippen molar-refractivity contribution < 1.29 is 28.3 Å². The van der Waals surface area contributed by atoms with E-state index in [0.29, 0.717) is 11.3 Å². The van der Waals surface area contributed by atoms with Gasteiger partial charge in [0.05, 0.1) is 7.11 Å². The summed E-state index contributed by atoms with van der Waals surface area (Å²) in [5.41, 5.74) is 0.517. The Hall–Kier alpha value is -3.13. The van der Waals surface area contributed by atoms with Gasteiger partial charge in [0.2, 0.25) is 6.23 Å². The molecule has 0 saturated heterocycles. The number of hydrogen-bond donors (Lipinski definition) is 2. The zero-order valence-corrected chi connectivity index (χ0v) is 16.3. The first-order chi connectivity index (χ1) is 13.8. The van der Waals surface area contributed by atoms with Gasteiger partial charge in [0, 0.05) is 23.2 Å². The van der Waals surface area contributed by atoms with E-state index in [-0.39, 0.29) is 29.1 Å². The molecule has 0 bridgehead atoms. The molecule has 0 saturated carbocycles. The first kappa shape index (κ1) is 20.6. The maximum Gasteiger partial charge on any atom is 0.277 e. The van der Waals surface area contributed by atoms with E-state index in [1.54, 1.807) is 38.3 Å². The molecule has 3 rings (SSSR count). The number of nitrogens with zero attached hydrogens (tertiary/aromatic N) is 1. The molecule has 1 aliphatic rings. The van der Waals surface area contributed by atoms with Crippen LogP contribution in [0.5, 0.6) is 5.75 Å². The minimum Gasteiger partial charge on any atom is -0.497 e. The van der Waals surface area contributed by atoms with E-state index in [0.717, 1.165) is 5.06 Å². The lowest BCUT2D eigenvalue weighted by Crippen LogP contribution is -2.28. The fraction of sp³-hybridized carbons (Fsp3) is 0.286. The van der Waals surface area contributed by atoms with Crippen LogP contribution < -0.4 is 10.1 Å². The molecule has 1 amide bonds. The average molecular weight is 404 g/mol. The Bertz CT molecular complexity index is 929. The lowest BCUT2D eigenvalue weighted by molar-refractivity contribution is -0.157. The van der Waals surface area contributed by atoms with E-state index in [1.165, 1.54) is 31.2 Å². The molecule has 1 atom stereocenters. The molecule has 1 heterocycles. The van der Waals surface area contributed by atoms with Gasteiger partial charge in [-0.25, -0.2) is 13.8 Å². The number of anilines is 1. The maximum absolute atomic E-state index is 13.9. The molecule has 2 aromatic rings. The molecular formula is C21H22F2N2O4. The number of alkyl halides is 2. The average Bonchev–Trinajstić information content (AvgIpc) is 3.02. The van der Waals surface area contributed by atoms with Crippen molar-refractivity contribution in [2.75, 3.05) is 12.4 Å². The highest BCUT2D eigenvalue weighted by Crippen LogP contribution is 2.36. The summed E-state index contributed by atoms with van der Waals surface area (Å²) in [7, 11) is 1.54. The van der Waals surface area contributed by atoms with Crippen LogP contribution in [0.2, 0.25) is 0 Å². The second-order valence-corrected chi connectivity index (χ2v) is 6.59. The standard InChI is InChI=1S/C21H22F2N2O4/c1-4-21(22,23)15-6-5-7-16(12-15)24-19(26)18-13(2)29-20(25(18)27)14-8-10-17(28-3)11-9-14/h5-12,20,27H,4H2,1-3H3,(H,24,26). The highest BCUT2D eigenvalue weighted by atomic mass is 19.3. The monoisotopic (exact) mass is 404 g/mol. The SMILES string of the molecule is CCC(F)(F)c1cccc(NC(=O)C2=C(C)OC(c3ccc(OC)cc3)N2O)c1. The molecular weight excluding hydrogens is 382 g/mol. The zero-order chi connectivity index (χ0) is 21.2. The van der Waals surface area contributed by atoms with Crippen LogP contribution in [0.1, 0.15) is 37.6 Å². The largest absolute Gasteiger partial charge is 0.497 e. The number of ether oxygens (including phenoxy) is 2. The van der Waals surface area contributed by atoms with Gasteiger partial charge >= 0.3 is 0 Å². The van der Waals surface area contributed by atoms with Gasteiger partial charge < -0.3 is 14.8 Å². The van der Waals surface area contributed by atoms with Crippen molar-refractivity contribution in [2.45, 2.75) is 32.4 Å². The quantitative estimate of drug-likeness (QED) is 0.725. The van der Waals surface area contributed by atoms with Crippen LogP contribution in [0, 0.1) is 0 Å². The number of hydroxylamine groups is 2. The number of nitrogens with one attached hydrogen (secondary N) is 1. The summed E-state index contributed by atoms with van der Waals surface area (Å²) in [4.78, 5) is 12.7. The van der Waals surface area contributed by atoms with Gasteiger partial charge in [-0.2, -0.15) is 0 Å². The van der Waals surface area contributed by atoms with Crippen molar-refractivity contribution in [3.63, 3.8) is 0 Å². The third-order valence-corrected chi connectivity index (χ3v) is 4.68. The predicted octanol–water partition coefficient (Wildman–Crippen LogP) is 4.79. The highest BCUT2D eigenvalue weighted by molar-refractivity contribution is 6.03. The van der Waals surface area contributed by atoms with Gasteiger partial charge in [-0.3, -0.25) is 10.0 Å². The second kappa shape index (κ2) is 8.08. The van der Waals surface area contributed by atoms with Crippen LogP contribution in [0.25, 0.3) is 0 Å². The van der Waals surface area contributed by atoms with Crippen molar-refractivity contribution in [3.8, 4) is 5.75 Å². The van der Waals surface area contributed by atoms with E-state index < -0.39 is 18.1 Å². The van der Waals surface area contributed by atoms with Crippen LogP contribution in [0.4, 0.5) is 14.5 Å². The Morgan fingerprint density at radius 3 is 2.59 bits per heavy atom. The summed E-state index contributed by atoms with van der Waals surface area (Å²) in [5, 5.41) is 13.8. The van der Waals surface area contributed by atoms with Gasteiger partial charge in [0.25, 0.3) is 11.8 Å². The fourth-order valence-corrected chi connectivity index (χ4v) is 3.01. The second-order valence-electron chi connectivity index (χ2n) is 6.59. The zero-order valence-electron chi connectivity index (χ0n) is 16.3. The van der Waals surface area contributed by atoms with Gasteiger partial charge in [0.15, 0.2) is 5.70 Å². The molecule has 2 aromatic carbocycles. The third-order valence-electron chi connectivity index (χ3n) is 4.68. The van der Waals surface area contributed by atoms with E-state index in [9.17, 15) is 18.8 Å². The van der Waals surface area contributed by atoms with E-state index in [1.807, 2.05) is 0 Å². The van der Waals surface area contributed by atoms with Crippen molar-refractivity contribution in [3.05, 3.63) is 71.1 Å². The number of benzene rings is 2. The molecule has 0 aromatic heterocycles. The molecule has 1 aliphatic heterocycles. The molecule has 8 heteroatoms. The molecule has 0 aliphatic carbocycles. The van der Waals surface area contributed by atoms with Gasteiger partial charge in [-0.1, -0.05) is 19.1 Å². The lowest BCUT2D eigenvalue weighted by atomic mass is 10.1. The van der Waals surface area contributed by atoms with Gasteiger partial charge in [-0.15, -0.1) is 0 Å². The van der Waals surface area contributed by atoms with Crippen LogP contribution in [-0.4, -0.2) is 23.3 Å². The first-order valence-electron chi connectivity index (χ1n) is 9.06. The Kier molecular flexibility index (Phi) is 5.74. The maximum atomic E-state index is 13.9. The van der Waals surface area contributed by atoms with E-state index in [4.69, 9.17) is 9.47 Å². The number of rotatable bonds is 6. The number of carbonyl (C=O) groups is 1. The van der Waals surface area contributed by atoms with Crippen LogP contribution in [0.3, 0.4) is 0 Å². The minimum absolute atomic E-state index is 0.0986. The molecule has 29 heavy (non-hydrogen) atoms. The Labute approximate surface area is 167 Å². The van der Waals surface area contributed by atoms with Crippen LogP contribution in [0.15, 0.2) is 60.0 Å². The first-order valence-corrected chi connectivity index (χ1v) is 9.06. The number of halogens is 2. The molecule has 2 N–H and O–H groups in total.